The van der Waals surface area contributed by atoms with Gasteiger partial charge in [-0.25, -0.2) is 0 Å². The molecule has 5 heteroatoms. The SMILES string of the molecule is C[C@H](NC(=O)[C@@H]1CCC[C@@H]1C(=O)O)c1cccs1. The van der Waals surface area contributed by atoms with Crippen molar-refractivity contribution < 1.29 is 14.7 Å². The Bertz CT molecular complexity index is 429. The lowest BCUT2D eigenvalue weighted by Gasteiger charge is -2.19. The first-order chi connectivity index (χ1) is 8.59. The van der Waals surface area contributed by atoms with Crippen molar-refractivity contribution in [2.45, 2.75) is 32.2 Å². The minimum absolute atomic E-state index is 0.0486. The Hall–Kier alpha value is -1.36. The second-order valence-corrected chi connectivity index (χ2v) is 5.71. The van der Waals surface area contributed by atoms with Gasteiger partial charge in [0.1, 0.15) is 0 Å². The zero-order valence-electron chi connectivity index (χ0n) is 10.3. The number of carbonyl (C=O) groups excluding carboxylic acids is 1. The summed E-state index contributed by atoms with van der Waals surface area (Å²) in [7, 11) is 0. The smallest absolute Gasteiger partial charge is 0.307 e. The van der Waals surface area contributed by atoms with Gasteiger partial charge in [0, 0.05) is 4.88 Å². The van der Waals surface area contributed by atoms with Gasteiger partial charge in [-0.3, -0.25) is 9.59 Å². The van der Waals surface area contributed by atoms with Gasteiger partial charge in [0.2, 0.25) is 5.91 Å². The van der Waals surface area contributed by atoms with E-state index in [-0.39, 0.29) is 17.9 Å². The molecular weight excluding hydrogens is 250 g/mol. The van der Waals surface area contributed by atoms with Crippen LogP contribution < -0.4 is 5.32 Å². The first-order valence-electron chi connectivity index (χ1n) is 6.16. The molecule has 1 amide bonds. The molecule has 1 aromatic rings. The fourth-order valence-corrected chi connectivity index (χ4v) is 3.23. The number of aliphatic carboxylic acids is 1. The van der Waals surface area contributed by atoms with Crippen LogP contribution in [-0.2, 0) is 9.59 Å². The highest BCUT2D eigenvalue weighted by atomic mass is 32.1. The van der Waals surface area contributed by atoms with E-state index in [1.807, 2.05) is 24.4 Å². The quantitative estimate of drug-likeness (QED) is 0.880. The molecule has 1 aliphatic carbocycles. The maximum absolute atomic E-state index is 12.1. The lowest BCUT2D eigenvalue weighted by atomic mass is 9.95. The Kier molecular flexibility index (Phi) is 4.01. The maximum Gasteiger partial charge on any atom is 0.307 e. The monoisotopic (exact) mass is 267 g/mol. The molecule has 1 aliphatic rings. The number of amides is 1. The van der Waals surface area contributed by atoms with Crippen LogP contribution in [0.3, 0.4) is 0 Å². The molecule has 1 fully saturated rings. The van der Waals surface area contributed by atoms with Gasteiger partial charge in [0.25, 0.3) is 0 Å². The molecule has 2 N–H and O–H groups in total. The van der Waals surface area contributed by atoms with Crippen LogP contribution in [0, 0.1) is 11.8 Å². The van der Waals surface area contributed by atoms with Gasteiger partial charge in [-0.2, -0.15) is 0 Å². The third-order valence-electron chi connectivity index (χ3n) is 3.50. The van der Waals surface area contributed by atoms with Crippen LogP contribution >= 0.6 is 11.3 Å². The van der Waals surface area contributed by atoms with Crippen molar-refractivity contribution >= 4 is 23.2 Å². The number of thiophene rings is 1. The molecule has 0 radical (unpaired) electrons. The number of carbonyl (C=O) groups is 2. The van der Waals surface area contributed by atoms with E-state index >= 15 is 0 Å². The fourth-order valence-electron chi connectivity index (χ4n) is 2.50. The van der Waals surface area contributed by atoms with E-state index in [0.717, 1.165) is 11.3 Å². The molecule has 2 rings (SSSR count). The fraction of sp³-hybridized carbons (Fsp3) is 0.538. The summed E-state index contributed by atoms with van der Waals surface area (Å²) in [4.78, 5) is 24.2. The first-order valence-corrected chi connectivity index (χ1v) is 7.04. The van der Waals surface area contributed by atoms with E-state index in [1.54, 1.807) is 11.3 Å². The minimum Gasteiger partial charge on any atom is -0.481 e. The molecule has 1 heterocycles. The summed E-state index contributed by atoms with van der Waals surface area (Å²) in [5.74, 6) is -1.86. The zero-order valence-corrected chi connectivity index (χ0v) is 11.1. The summed E-state index contributed by atoms with van der Waals surface area (Å²) in [5.41, 5.74) is 0. The normalized spacial score (nSPS) is 24.7. The van der Waals surface area contributed by atoms with Gasteiger partial charge in [-0.15, -0.1) is 11.3 Å². The number of nitrogens with one attached hydrogen (secondary N) is 1. The zero-order chi connectivity index (χ0) is 13.1. The largest absolute Gasteiger partial charge is 0.481 e. The lowest BCUT2D eigenvalue weighted by Crippen LogP contribution is -2.36. The predicted octanol–water partition coefficient (Wildman–Crippen LogP) is 2.43. The topological polar surface area (TPSA) is 66.4 Å². The van der Waals surface area contributed by atoms with Gasteiger partial charge in [0.15, 0.2) is 0 Å². The Balaban J connectivity index is 1.97. The van der Waals surface area contributed by atoms with Crippen molar-refractivity contribution in [3.8, 4) is 0 Å². The molecule has 4 nitrogen and oxygen atoms in total. The van der Waals surface area contributed by atoms with Crippen LogP contribution in [0.2, 0.25) is 0 Å². The molecule has 0 aromatic carbocycles. The third-order valence-corrected chi connectivity index (χ3v) is 4.55. The molecule has 18 heavy (non-hydrogen) atoms. The predicted molar refractivity (Wildman–Crippen MR) is 69.3 cm³/mol. The van der Waals surface area contributed by atoms with E-state index in [1.165, 1.54) is 0 Å². The van der Waals surface area contributed by atoms with Crippen molar-refractivity contribution in [3.63, 3.8) is 0 Å². The van der Waals surface area contributed by atoms with Gasteiger partial charge < -0.3 is 10.4 Å². The summed E-state index contributed by atoms with van der Waals surface area (Å²) in [6.07, 6.45) is 2.11. The van der Waals surface area contributed by atoms with E-state index in [2.05, 4.69) is 5.32 Å². The third kappa shape index (κ3) is 2.72. The molecule has 0 saturated heterocycles. The van der Waals surface area contributed by atoms with Crippen LogP contribution in [0.4, 0.5) is 0 Å². The summed E-state index contributed by atoms with van der Waals surface area (Å²) in [5, 5.41) is 14.0. The second-order valence-electron chi connectivity index (χ2n) is 4.73. The van der Waals surface area contributed by atoms with Crippen LogP contribution in [-0.4, -0.2) is 17.0 Å². The molecule has 0 aliphatic heterocycles. The van der Waals surface area contributed by atoms with Gasteiger partial charge in [-0.1, -0.05) is 12.5 Å². The number of carboxylic acids is 1. The van der Waals surface area contributed by atoms with Crippen LogP contribution in [0.25, 0.3) is 0 Å². The highest BCUT2D eigenvalue weighted by molar-refractivity contribution is 7.10. The van der Waals surface area contributed by atoms with Crippen LogP contribution in [0.5, 0.6) is 0 Å². The Labute approximate surface area is 110 Å². The van der Waals surface area contributed by atoms with E-state index in [9.17, 15) is 9.59 Å². The molecular formula is C13H17NO3S. The average Bonchev–Trinajstić information content (AvgIpc) is 3.00. The van der Waals surface area contributed by atoms with Crippen molar-refractivity contribution in [1.82, 2.24) is 5.32 Å². The highest BCUT2D eigenvalue weighted by Crippen LogP contribution is 2.32. The Morgan fingerprint density at radius 2 is 2.17 bits per heavy atom. The minimum atomic E-state index is -0.851. The van der Waals surface area contributed by atoms with Crippen molar-refractivity contribution in [2.75, 3.05) is 0 Å². The standard InChI is InChI=1S/C13H17NO3S/c1-8(11-6-3-7-18-11)14-12(15)9-4-2-5-10(9)13(16)17/h3,6-10H,2,4-5H2,1H3,(H,14,15)(H,16,17)/t8-,9+,10-/m0/s1. The first kappa shape index (κ1) is 13.1. The van der Waals surface area contributed by atoms with Crippen LogP contribution in [0.15, 0.2) is 17.5 Å². The van der Waals surface area contributed by atoms with Crippen molar-refractivity contribution in [3.05, 3.63) is 22.4 Å². The van der Waals surface area contributed by atoms with Gasteiger partial charge in [-0.05, 0) is 31.2 Å². The van der Waals surface area contributed by atoms with Crippen molar-refractivity contribution in [1.29, 1.82) is 0 Å². The molecule has 0 bridgehead atoms. The van der Waals surface area contributed by atoms with E-state index in [4.69, 9.17) is 5.11 Å². The molecule has 3 atom stereocenters. The lowest BCUT2D eigenvalue weighted by molar-refractivity contribution is -0.146. The average molecular weight is 267 g/mol. The van der Waals surface area contributed by atoms with Gasteiger partial charge >= 0.3 is 5.97 Å². The second kappa shape index (κ2) is 5.52. The van der Waals surface area contributed by atoms with E-state index < -0.39 is 11.9 Å². The Morgan fingerprint density at radius 3 is 2.78 bits per heavy atom. The van der Waals surface area contributed by atoms with Crippen molar-refractivity contribution in [2.24, 2.45) is 11.8 Å². The summed E-state index contributed by atoms with van der Waals surface area (Å²) in [6, 6.07) is 3.87. The summed E-state index contributed by atoms with van der Waals surface area (Å²) >= 11 is 1.59. The summed E-state index contributed by atoms with van der Waals surface area (Å²) in [6.45, 7) is 1.93. The Morgan fingerprint density at radius 1 is 1.44 bits per heavy atom. The maximum atomic E-state index is 12.1. The number of rotatable bonds is 4. The molecule has 1 saturated carbocycles. The summed E-state index contributed by atoms with van der Waals surface area (Å²) < 4.78 is 0. The molecule has 0 unspecified atom stereocenters. The molecule has 98 valence electrons. The van der Waals surface area contributed by atoms with Gasteiger partial charge in [0.05, 0.1) is 17.9 Å². The number of hydrogen-bond donors (Lipinski definition) is 2. The van der Waals surface area contributed by atoms with Crippen LogP contribution in [0.1, 0.15) is 37.1 Å². The molecule has 0 spiro atoms. The highest BCUT2D eigenvalue weighted by Gasteiger charge is 2.38. The van der Waals surface area contributed by atoms with E-state index in [0.29, 0.717) is 12.8 Å². The molecule has 1 aromatic heterocycles. The number of hydrogen-bond acceptors (Lipinski definition) is 3. The number of carboxylic acid groups (broad SMARTS) is 1.